The third-order valence-electron chi connectivity index (χ3n) is 3.72. The van der Waals surface area contributed by atoms with Gasteiger partial charge >= 0.3 is 5.97 Å². The van der Waals surface area contributed by atoms with Crippen molar-refractivity contribution in [1.82, 2.24) is 5.32 Å². The number of carbonyl (C=O) groups is 2. The summed E-state index contributed by atoms with van der Waals surface area (Å²) in [7, 11) is -3.78. The molecule has 2 N–H and O–H groups in total. The van der Waals surface area contributed by atoms with Crippen LogP contribution in [-0.2, 0) is 19.6 Å². The first kappa shape index (κ1) is 22.2. The summed E-state index contributed by atoms with van der Waals surface area (Å²) < 4.78 is 37.6. The van der Waals surface area contributed by atoms with Gasteiger partial charge < -0.3 is 14.8 Å². The van der Waals surface area contributed by atoms with E-state index in [-0.39, 0.29) is 28.7 Å². The Morgan fingerprint density at radius 3 is 2.21 bits per heavy atom. The molecule has 2 rings (SSSR count). The zero-order chi connectivity index (χ0) is 21.3. The Hall–Kier alpha value is -3.07. The SMILES string of the molecule is CCCNC(=O)COC(=O)c1ccc(NS(=O)(=O)c2ccc(OCC)cc2)cc1. The molecule has 0 aliphatic rings. The molecule has 0 fully saturated rings. The molecular weight excluding hydrogens is 396 g/mol. The van der Waals surface area contributed by atoms with Crippen LogP contribution < -0.4 is 14.8 Å². The molecule has 9 heteroatoms. The number of rotatable bonds is 10. The molecule has 0 bridgehead atoms. The third kappa shape index (κ3) is 6.79. The molecule has 0 atom stereocenters. The van der Waals surface area contributed by atoms with Crippen LogP contribution in [0.25, 0.3) is 0 Å². The largest absolute Gasteiger partial charge is 0.494 e. The van der Waals surface area contributed by atoms with Crippen molar-refractivity contribution in [3.8, 4) is 5.75 Å². The molecule has 0 spiro atoms. The van der Waals surface area contributed by atoms with Gasteiger partial charge in [0.2, 0.25) is 0 Å². The van der Waals surface area contributed by atoms with Crippen LogP contribution >= 0.6 is 0 Å². The number of hydrogen-bond acceptors (Lipinski definition) is 6. The lowest BCUT2D eigenvalue weighted by atomic mass is 10.2. The number of hydrogen-bond donors (Lipinski definition) is 2. The smallest absolute Gasteiger partial charge is 0.338 e. The van der Waals surface area contributed by atoms with E-state index in [1.807, 2.05) is 13.8 Å². The lowest BCUT2D eigenvalue weighted by molar-refractivity contribution is -0.124. The Bertz CT molecular complexity index is 924. The predicted molar refractivity (Wildman–Crippen MR) is 108 cm³/mol. The number of nitrogens with one attached hydrogen (secondary N) is 2. The fourth-order valence-electron chi connectivity index (χ4n) is 2.30. The van der Waals surface area contributed by atoms with Gasteiger partial charge in [0.1, 0.15) is 5.75 Å². The van der Waals surface area contributed by atoms with Crippen LogP contribution in [0.3, 0.4) is 0 Å². The van der Waals surface area contributed by atoms with Gasteiger partial charge in [-0.15, -0.1) is 0 Å². The number of carbonyl (C=O) groups excluding carboxylic acids is 2. The summed E-state index contributed by atoms with van der Waals surface area (Å²) in [5.74, 6) is -0.463. The van der Waals surface area contributed by atoms with E-state index >= 15 is 0 Å². The topological polar surface area (TPSA) is 111 Å². The summed E-state index contributed by atoms with van der Waals surface area (Å²) in [6, 6.07) is 11.8. The molecule has 0 saturated heterocycles. The van der Waals surface area contributed by atoms with E-state index in [2.05, 4.69) is 10.0 Å². The molecule has 0 aliphatic carbocycles. The van der Waals surface area contributed by atoms with Crippen LogP contribution in [0.1, 0.15) is 30.6 Å². The summed E-state index contributed by atoms with van der Waals surface area (Å²) in [4.78, 5) is 23.5. The maximum Gasteiger partial charge on any atom is 0.338 e. The Labute approximate surface area is 170 Å². The van der Waals surface area contributed by atoms with Crippen LogP contribution in [0.2, 0.25) is 0 Å². The molecule has 1 amide bonds. The van der Waals surface area contributed by atoms with Gasteiger partial charge in [-0.1, -0.05) is 6.92 Å². The molecule has 0 aromatic heterocycles. The van der Waals surface area contributed by atoms with Gasteiger partial charge in [-0.3, -0.25) is 9.52 Å². The van der Waals surface area contributed by atoms with Crippen molar-refractivity contribution >= 4 is 27.6 Å². The summed E-state index contributed by atoms with van der Waals surface area (Å²) >= 11 is 0. The van der Waals surface area contributed by atoms with E-state index < -0.39 is 16.0 Å². The van der Waals surface area contributed by atoms with Crippen molar-refractivity contribution in [3.63, 3.8) is 0 Å². The van der Waals surface area contributed by atoms with E-state index in [0.29, 0.717) is 18.9 Å². The minimum Gasteiger partial charge on any atom is -0.494 e. The van der Waals surface area contributed by atoms with Gasteiger partial charge in [0.25, 0.3) is 15.9 Å². The number of ether oxygens (including phenoxy) is 2. The van der Waals surface area contributed by atoms with Crippen molar-refractivity contribution in [2.24, 2.45) is 0 Å². The molecule has 0 aliphatic heterocycles. The zero-order valence-corrected chi connectivity index (χ0v) is 17.1. The van der Waals surface area contributed by atoms with Crippen LogP contribution in [-0.4, -0.2) is 40.1 Å². The fourth-order valence-corrected chi connectivity index (χ4v) is 3.36. The first-order chi connectivity index (χ1) is 13.9. The molecule has 8 nitrogen and oxygen atoms in total. The van der Waals surface area contributed by atoms with Gasteiger partial charge in [-0.2, -0.15) is 0 Å². The predicted octanol–water partition coefficient (Wildman–Crippen LogP) is 2.57. The van der Waals surface area contributed by atoms with Crippen molar-refractivity contribution in [1.29, 1.82) is 0 Å². The standard InChI is InChI=1S/C20H24N2O6S/c1-3-13-21-19(23)14-28-20(24)15-5-7-16(8-6-15)22-29(25,26)18-11-9-17(10-12-18)27-4-2/h5-12,22H,3-4,13-14H2,1-2H3,(H,21,23). The van der Waals surface area contributed by atoms with Gasteiger partial charge in [0.15, 0.2) is 6.61 Å². The molecular formula is C20H24N2O6S. The van der Waals surface area contributed by atoms with Crippen LogP contribution in [0, 0.1) is 0 Å². The summed E-state index contributed by atoms with van der Waals surface area (Å²) in [5.41, 5.74) is 0.494. The zero-order valence-electron chi connectivity index (χ0n) is 16.3. The second-order valence-electron chi connectivity index (χ2n) is 6.01. The second kappa shape index (κ2) is 10.5. The van der Waals surface area contributed by atoms with Crippen molar-refractivity contribution in [2.75, 3.05) is 24.5 Å². The van der Waals surface area contributed by atoms with E-state index in [4.69, 9.17) is 9.47 Å². The molecule has 0 heterocycles. The van der Waals surface area contributed by atoms with E-state index in [0.717, 1.165) is 6.42 Å². The highest BCUT2D eigenvalue weighted by Gasteiger charge is 2.15. The van der Waals surface area contributed by atoms with E-state index in [9.17, 15) is 18.0 Å². The highest BCUT2D eigenvalue weighted by atomic mass is 32.2. The maximum absolute atomic E-state index is 12.5. The quantitative estimate of drug-likeness (QED) is 0.572. The Morgan fingerprint density at radius 1 is 0.966 bits per heavy atom. The van der Waals surface area contributed by atoms with Crippen molar-refractivity contribution < 1.29 is 27.5 Å². The Kier molecular flexibility index (Phi) is 8.02. The average molecular weight is 420 g/mol. The van der Waals surface area contributed by atoms with Gasteiger partial charge in [0, 0.05) is 12.2 Å². The van der Waals surface area contributed by atoms with Crippen molar-refractivity contribution in [2.45, 2.75) is 25.2 Å². The number of amides is 1. The normalized spacial score (nSPS) is 10.8. The first-order valence-electron chi connectivity index (χ1n) is 9.15. The minimum atomic E-state index is -3.78. The Morgan fingerprint density at radius 2 is 1.62 bits per heavy atom. The van der Waals surface area contributed by atoms with E-state index in [1.165, 1.54) is 36.4 Å². The maximum atomic E-state index is 12.5. The summed E-state index contributed by atoms with van der Waals surface area (Å²) in [6.07, 6.45) is 0.785. The van der Waals surface area contributed by atoms with Crippen LogP contribution in [0.5, 0.6) is 5.75 Å². The number of sulfonamides is 1. The van der Waals surface area contributed by atoms with Gasteiger partial charge in [0.05, 0.1) is 17.1 Å². The molecule has 2 aromatic carbocycles. The van der Waals surface area contributed by atoms with E-state index in [1.54, 1.807) is 12.1 Å². The van der Waals surface area contributed by atoms with Crippen LogP contribution in [0.15, 0.2) is 53.4 Å². The molecule has 156 valence electrons. The molecule has 0 saturated carbocycles. The molecule has 2 aromatic rings. The number of esters is 1. The van der Waals surface area contributed by atoms with Crippen LogP contribution in [0.4, 0.5) is 5.69 Å². The summed E-state index contributed by atoms with van der Waals surface area (Å²) in [5, 5.41) is 2.60. The fraction of sp³-hybridized carbons (Fsp3) is 0.300. The number of benzene rings is 2. The second-order valence-corrected chi connectivity index (χ2v) is 7.70. The highest BCUT2D eigenvalue weighted by Crippen LogP contribution is 2.20. The third-order valence-corrected chi connectivity index (χ3v) is 5.12. The Balaban J connectivity index is 1.97. The summed E-state index contributed by atoms with van der Waals surface area (Å²) in [6.45, 7) is 4.39. The highest BCUT2D eigenvalue weighted by molar-refractivity contribution is 7.92. The van der Waals surface area contributed by atoms with Gasteiger partial charge in [-0.05, 0) is 61.9 Å². The number of anilines is 1. The minimum absolute atomic E-state index is 0.0857. The lowest BCUT2D eigenvalue weighted by Gasteiger charge is -2.10. The molecule has 0 unspecified atom stereocenters. The molecule has 29 heavy (non-hydrogen) atoms. The van der Waals surface area contributed by atoms with Gasteiger partial charge in [-0.25, -0.2) is 13.2 Å². The first-order valence-corrected chi connectivity index (χ1v) is 10.6. The molecule has 0 radical (unpaired) electrons. The lowest BCUT2D eigenvalue weighted by Crippen LogP contribution is -2.29. The monoisotopic (exact) mass is 420 g/mol. The van der Waals surface area contributed by atoms with Crippen molar-refractivity contribution in [3.05, 3.63) is 54.1 Å². The average Bonchev–Trinajstić information content (AvgIpc) is 2.71.